The highest BCUT2D eigenvalue weighted by Crippen LogP contribution is 2.31. The number of carbonyl (C=O) groups excluding carboxylic acids is 1. The smallest absolute Gasteiger partial charge is 0.225 e. The molecule has 0 bridgehead atoms. The monoisotopic (exact) mass is 490 g/mol. The fourth-order valence-corrected chi connectivity index (χ4v) is 5.35. The van der Waals surface area contributed by atoms with Crippen molar-refractivity contribution < 1.29 is 4.79 Å². The molecule has 34 heavy (non-hydrogen) atoms. The number of hydrogen-bond donors (Lipinski definition) is 5. The Morgan fingerprint density at radius 1 is 1.09 bits per heavy atom. The molecular weight excluding hydrogens is 464 g/mol. The number of nitrogens with two attached hydrogens (primary N) is 2. The summed E-state index contributed by atoms with van der Waals surface area (Å²) in [6.45, 7) is 0.316. The van der Waals surface area contributed by atoms with Crippen molar-refractivity contribution in [1.29, 1.82) is 5.41 Å². The van der Waals surface area contributed by atoms with E-state index >= 15 is 0 Å². The van der Waals surface area contributed by atoms with Gasteiger partial charge in [-0.25, -0.2) is 9.71 Å². The van der Waals surface area contributed by atoms with Crippen LogP contribution in [-0.2, 0) is 11.2 Å². The van der Waals surface area contributed by atoms with Crippen LogP contribution in [0, 0.1) is 5.41 Å². The number of amides is 1. The van der Waals surface area contributed by atoms with Gasteiger partial charge in [0.25, 0.3) is 0 Å². The number of fused-ring (bicyclic) bond motifs is 1. The quantitative estimate of drug-likeness (QED) is 0.127. The first-order valence-electron chi connectivity index (χ1n) is 10.8. The molecule has 0 saturated carbocycles. The Labute approximate surface area is 206 Å². The van der Waals surface area contributed by atoms with Crippen LogP contribution < -0.4 is 21.5 Å². The van der Waals surface area contributed by atoms with E-state index in [9.17, 15) is 4.79 Å². The van der Waals surface area contributed by atoms with E-state index in [0.29, 0.717) is 18.5 Å². The summed E-state index contributed by atoms with van der Waals surface area (Å²) in [7, 11) is 0. The minimum atomic E-state index is -0.102. The SMILES string of the molecule is N=C(N)c1cccc(CC(NSc2cccc(NC(=O)CCN)c2)c2nc3ccccc3s2)c1. The van der Waals surface area contributed by atoms with Crippen molar-refractivity contribution in [3.63, 3.8) is 0 Å². The van der Waals surface area contributed by atoms with Crippen molar-refractivity contribution in [2.75, 3.05) is 11.9 Å². The molecule has 0 fully saturated rings. The number of amidine groups is 1. The van der Waals surface area contributed by atoms with E-state index in [1.807, 2.05) is 66.7 Å². The van der Waals surface area contributed by atoms with Gasteiger partial charge in [-0.2, -0.15) is 0 Å². The van der Waals surface area contributed by atoms with Gasteiger partial charge in [-0.3, -0.25) is 10.2 Å². The van der Waals surface area contributed by atoms with Gasteiger partial charge >= 0.3 is 0 Å². The third-order valence-electron chi connectivity index (χ3n) is 5.09. The van der Waals surface area contributed by atoms with E-state index in [2.05, 4.69) is 16.1 Å². The molecule has 174 valence electrons. The Kier molecular flexibility index (Phi) is 7.91. The molecule has 0 aliphatic heterocycles. The first-order valence-corrected chi connectivity index (χ1v) is 12.5. The maximum Gasteiger partial charge on any atom is 0.225 e. The predicted molar refractivity (Wildman–Crippen MR) is 141 cm³/mol. The van der Waals surface area contributed by atoms with Gasteiger partial charge in [0.15, 0.2) is 0 Å². The normalized spacial score (nSPS) is 11.9. The maximum absolute atomic E-state index is 11.9. The molecule has 0 spiro atoms. The third kappa shape index (κ3) is 6.21. The van der Waals surface area contributed by atoms with Gasteiger partial charge in [0.2, 0.25) is 5.91 Å². The fraction of sp³-hybridized carbons (Fsp3) is 0.160. The minimum absolute atomic E-state index is 0.0502. The highest BCUT2D eigenvalue weighted by Gasteiger charge is 2.18. The lowest BCUT2D eigenvalue weighted by atomic mass is 10.0. The standard InChI is InChI=1S/C25H26N6OS2/c26-12-11-23(32)29-18-7-4-8-19(15-18)34-31-21(14-16-5-3-6-17(13-16)24(27)28)25-30-20-9-1-2-10-22(20)33-25/h1-10,13,15,21,31H,11-12,14,26H2,(H3,27,28)(H,29,32). The fourth-order valence-electron chi connectivity index (χ4n) is 3.45. The van der Waals surface area contributed by atoms with Crippen molar-refractivity contribution in [3.05, 3.63) is 88.9 Å². The Morgan fingerprint density at radius 2 is 1.91 bits per heavy atom. The first-order chi connectivity index (χ1) is 16.5. The Balaban J connectivity index is 1.55. The van der Waals surface area contributed by atoms with E-state index in [1.165, 1.54) is 11.9 Å². The largest absolute Gasteiger partial charge is 0.384 e. The second-order valence-electron chi connectivity index (χ2n) is 7.73. The number of rotatable bonds is 10. The molecule has 7 N–H and O–H groups in total. The van der Waals surface area contributed by atoms with Crippen molar-refractivity contribution in [2.24, 2.45) is 11.5 Å². The molecule has 1 heterocycles. The molecule has 0 aliphatic rings. The first kappa shape index (κ1) is 23.9. The van der Waals surface area contributed by atoms with Gasteiger partial charge in [0.05, 0.1) is 16.3 Å². The van der Waals surface area contributed by atoms with E-state index in [4.69, 9.17) is 21.9 Å². The van der Waals surface area contributed by atoms with Crippen LogP contribution in [0.25, 0.3) is 10.2 Å². The van der Waals surface area contributed by atoms with Crippen LogP contribution >= 0.6 is 23.3 Å². The summed E-state index contributed by atoms with van der Waals surface area (Å²) >= 11 is 3.16. The van der Waals surface area contributed by atoms with E-state index < -0.39 is 0 Å². The number of nitrogens with zero attached hydrogens (tertiary/aromatic N) is 1. The lowest BCUT2D eigenvalue weighted by Crippen LogP contribution is -2.18. The van der Waals surface area contributed by atoms with Crippen LogP contribution in [0.4, 0.5) is 5.69 Å². The zero-order valence-electron chi connectivity index (χ0n) is 18.5. The van der Waals surface area contributed by atoms with Crippen molar-refractivity contribution in [3.8, 4) is 0 Å². The number of anilines is 1. The molecule has 3 aromatic carbocycles. The van der Waals surface area contributed by atoms with E-state index in [-0.39, 0.29) is 24.2 Å². The summed E-state index contributed by atoms with van der Waals surface area (Å²) < 4.78 is 4.70. The molecular formula is C25H26N6OS2. The molecule has 0 radical (unpaired) electrons. The molecule has 1 unspecified atom stereocenters. The Morgan fingerprint density at radius 3 is 2.71 bits per heavy atom. The van der Waals surface area contributed by atoms with Crippen molar-refractivity contribution >= 4 is 50.9 Å². The van der Waals surface area contributed by atoms with Gasteiger partial charge in [0.1, 0.15) is 10.8 Å². The second-order valence-corrected chi connectivity index (χ2v) is 9.70. The molecule has 1 amide bonds. The molecule has 4 rings (SSSR count). The van der Waals surface area contributed by atoms with Crippen LogP contribution in [0.2, 0.25) is 0 Å². The summed E-state index contributed by atoms with van der Waals surface area (Å²) in [6.07, 6.45) is 0.968. The minimum Gasteiger partial charge on any atom is -0.384 e. The van der Waals surface area contributed by atoms with E-state index in [0.717, 1.165) is 31.4 Å². The third-order valence-corrected chi connectivity index (χ3v) is 7.14. The lowest BCUT2D eigenvalue weighted by Gasteiger charge is -2.17. The average molecular weight is 491 g/mol. The molecule has 9 heteroatoms. The van der Waals surface area contributed by atoms with Gasteiger partial charge in [-0.05, 0) is 60.3 Å². The number of carbonyl (C=O) groups is 1. The molecule has 4 aromatic rings. The summed E-state index contributed by atoms with van der Waals surface area (Å²) in [5, 5.41) is 11.6. The maximum atomic E-state index is 11.9. The van der Waals surface area contributed by atoms with Crippen LogP contribution in [0.5, 0.6) is 0 Å². The highest BCUT2D eigenvalue weighted by molar-refractivity contribution is 7.97. The van der Waals surface area contributed by atoms with Crippen molar-refractivity contribution in [1.82, 2.24) is 9.71 Å². The Hall–Kier alpha value is -3.24. The van der Waals surface area contributed by atoms with Gasteiger partial charge in [-0.15, -0.1) is 11.3 Å². The van der Waals surface area contributed by atoms with Crippen LogP contribution in [0.15, 0.2) is 77.7 Å². The highest BCUT2D eigenvalue weighted by atomic mass is 32.2. The molecule has 0 saturated heterocycles. The molecule has 1 atom stereocenters. The summed E-state index contributed by atoms with van der Waals surface area (Å²) in [4.78, 5) is 17.7. The number of nitrogen functional groups attached to an aromatic ring is 1. The lowest BCUT2D eigenvalue weighted by molar-refractivity contribution is -0.116. The zero-order valence-corrected chi connectivity index (χ0v) is 20.1. The number of nitrogens with one attached hydrogen (secondary N) is 3. The van der Waals surface area contributed by atoms with Gasteiger partial charge < -0.3 is 16.8 Å². The van der Waals surface area contributed by atoms with Crippen LogP contribution in [0.3, 0.4) is 0 Å². The molecule has 0 aliphatic carbocycles. The average Bonchev–Trinajstić information content (AvgIpc) is 3.26. The summed E-state index contributed by atoms with van der Waals surface area (Å²) in [6, 6.07) is 23.4. The predicted octanol–water partition coefficient (Wildman–Crippen LogP) is 4.45. The number of benzene rings is 3. The second kappa shape index (κ2) is 11.3. The topological polar surface area (TPSA) is 130 Å². The zero-order chi connectivity index (χ0) is 23.9. The summed E-state index contributed by atoms with van der Waals surface area (Å²) in [5.41, 5.74) is 14.6. The summed E-state index contributed by atoms with van der Waals surface area (Å²) in [5.74, 6) is -0.0514. The number of hydrogen-bond acceptors (Lipinski definition) is 7. The molecule has 1 aromatic heterocycles. The number of thiazole rings is 1. The molecule has 7 nitrogen and oxygen atoms in total. The van der Waals surface area contributed by atoms with E-state index in [1.54, 1.807) is 11.3 Å². The number of aromatic nitrogens is 1. The van der Waals surface area contributed by atoms with Crippen LogP contribution in [0.1, 0.15) is 28.6 Å². The van der Waals surface area contributed by atoms with Gasteiger partial charge in [-0.1, -0.05) is 36.4 Å². The number of para-hydroxylation sites is 1. The Bertz CT molecular complexity index is 1270. The van der Waals surface area contributed by atoms with Crippen molar-refractivity contribution in [2.45, 2.75) is 23.8 Å². The van der Waals surface area contributed by atoms with Gasteiger partial charge in [0, 0.05) is 29.1 Å². The van der Waals surface area contributed by atoms with Crippen LogP contribution in [-0.4, -0.2) is 23.3 Å².